The van der Waals surface area contributed by atoms with Gasteiger partial charge in [0.1, 0.15) is 0 Å². The van der Waals surface area contributed by atoms with Gasteiger partial charge in [0.2, 0.25) is 0 Å². The van der Waals surface area contributed by atoms with Crippen molar-refractivity contribution in [3.05, 3.63) is 34.4 Å². The first-order valence-corrected chi connectivity index (χ1v) is 6.90. The number of hydrogen-bond donors (Lipinski definition) is 0. The van der Waals surface area contributed by atoms with Gasteiger partial charge in [-0.1, -0.05) is 6.07 Å². The van der Waals surface area contributed by atoms with Gasteiger partial charge in [0, 0.05) is 5.56 Å². The summed E-state index contributed by atoms with van der Waals surface area (Å²) in [4.78, 5) is 4.82. The highest BCUT2D eigenvalue weighted by Crippen LogP contribution is 2.31. The smallest absolute Gasteiger partial charge is 0.0983 e. The van der Waals surface area contributed by atoms with E-state index < -0.39 is 0 Å². The van der Waals surface area contributed by atoms with Gasteiger partial charge < -0.3 is 0 Å². The molecule has 0 saturated heterocycles. The van der Waals surface area contributed by atoms with Crippen molar-refractivity contribution in [2.45, 2.75) is 39.7 Å². The Labute approximate surface area is 102 Å². The highest BCUT2D eigenvalue weighted by Gasteiger charge is 2.26. The van der Waals surface area contributed by atoms with Gasteiger partial charge in [0.05, 0.1) is 10.6 Å². The summed E-state index contributed by atoms with van der Waals surface area (Å²) in [5.74, 6) is 0. The van der Waals surface area contributed by atoms with Crippen molar-refractivity contribution in [2.24, 2.45) is 4.99 Å². The molecule has 2 rings (SSSR count). The number of hydrogen-bond acceptors (Lipinski definition) is 2. The van der Waals surface area contributed by atoms with E-state index in [2.05, 4.69) is 46.1 Å². The van der Waals surface area contributed by atoms with Gasteiger partial charge in [0.15, 0.2) is 0 Å². The minimum absolute atomic E-state index is 0.0487. The van der Waals surface area contributed by atoms with Gasteiger partial charge >= 0.3 is 0 Å². The van der Waals surface area contributed by atoms with E-state index >= 15 is 0 Å². The Morgan fingerprint density at radius 2 is 1.81 bits per heavy atom. The molecule has 1 aliphatic rings. The van der Waals surface area contributed by atoms with Crippen LogP contribution in [0.25, 0.3) is 0 Å². The lowest BCUT2D eigenvalue weighted by Gasteiger charge is -2.29. The minimum Gasteiger partial charge on any atom is -0.271 e. The van der Waals surface area contributed by atoms with E-state index in [0.29, 0.717) is 0 Å². The van der Waals surface area contributed by atoms with Crippen molar-refractivity contribution in [1.29, 1.82) is 0 Å². The molecule has 1 nitrogen and oxygen atoms in total. The van der Waals surface area contributed by atoms with Crippen LogP contribution in [0.4, 0.5) is 0 Å². The topological polar surface area (TPSA) is 12.4 Å². The number of fused-ring (bicyclic) bond motifs is 1. The second kappa shape index (κ2) is 3.92. The van der Waals surface area contributed by atoms with Crippen LogP contribution in [-0.2, 0) is 6.42 Å². The average Bonchev–Trinajstić information content (AvgIpc) is 2.18. The van der Waals surface area contributed by atoms with Crippen molar-refractivity contribution in [3.63, 3.8) is 0 Å². The molecule has 0 aliphatic carbocycles. The molecule has 16 heavy (non-hydrogen) atoms. The van der Waals surface area contributed by atoms with Crippen LogP contribution in [0.3, 0.4) is 0 Å². The number of nitrogens with zero attached hydrogens (tertiary/aromatic N) is 1. The Bertz CT molecular complexity index is 458. The maximum Gasteiger partial charge on any atom is 0.0983 e. The fraction of sp³-hybridized carbons (Fsp3) is 0.500. The molecule has 0 radical (unpaired) electrons. The largest absolute Gasteiger partial charge is 0.271 e. The third kappa shape index (κ3) is 2.03. The minimum atomic E-state index is 0.0487. The number of rotatable bonds is 0. The van der Waals surface area contributed by atoms with E-state index in [1.807, 2.05) is 0 Å². The number of aliphatic imine (C=N–C) groups is 1. The zero-order valence-electron chi connectivity index (χ0n) is 10.7. The SMILES string of the molecule is CSC1=NC(C)(C)Cc2cc(C)c(C)cc21. The molecule has 1 aromatic carbocycles. The summed E-state index contributed by atoms with van der Waals surface area (Å²) in [5, 5.41) is 1.19. The Balaban J connectivity index is 2.60. The van der Waals surface area contributed by atoms with E-state index in [1.165, 1.54) is 27.3 Å². The number of aryl methyl sites for hydroxylation is 2. The molecule has 0 fully saturated rings. The first-order valence-electron chi connectivity index (χ1n) is 5.67. The zero-order chi connectivity index (χ0) is 11.9. The van der Waals surface area contributed by atoms with E-state index in [9.17, 15) is 0 Å². The fourth-order valence-electron chi connectivity index (χ4n) is 2.22. The molecular weight excluding hydrogens is 214 g/mol. The van der Waals surface area contributed by atoms with Crippen LogP contribution in [0.1, 0.15) is 36.1 Å². The Morgan fingerprint density at radius 3 is 2.44 bits per heavy atom. The molecule has 0 aromatic heterocycles. The first-order chi connectivity index (χ1) is 7.43. The van der Waals surface area contributed by atoms with E-state index in [1.54, 1.807) is 11.8 Å². The third-order valence-electron chi connectivity index (χ3n) is 3.17. The van der Waals surface area contributed by atoms with Crippen molar-refractivity contribution in [3.8, 4) is 0 Å². The molecule has 0 atom stereocenters. The summed E-state index contributed by atoms with van der Waals surface area (Å²) < 4.78 is 0. The molecule has 0 N–H and O–H groups in total. The summed E-state index contributed by atoms with van der Waals surface area (Å²) in [6.07, 6.45) is 3.16. The zero-order valence-corrected chi connectivity index (χ0v) is 11.5. The van der Waals surface area contributed by atoms with Crippen LogP contribution in [0.2, 0.25) is 0 Å². The third-order valence-corrected chi connectivity index (χ3v) is 3.87. The second-order valence-electron chi connectivity index (χ2n) is 5.20. The van der Waals surface area contributed by atoms with Gasteiger partial charge in [-0.3, -0.25) is 4.99 Å². The van der Waals surface area contributed by atoms with Crippen molar-refractivity contribution >= 4 is 16.8 Å². The molecule has 1 aliphatic heterocycles. The van der Waals surface area contributed by atoms with Crippen LogP contribution < -0.4 is 0 Å². The molecule has 86 valence electrons. The van der Waals surface area contributed by atoms with Gasteiger partial charge in [-0.15, -0.1) is 11.8 Å². The maximum absolute atomic E-state index is 4.82. The Kier molecular flexibility index (Phi) is 2.87. The van der Waals surface area contributed by atoms with Crippen LogP contribution in [0, 0.1) is 13.8 Å². The van der Waals surface area contributed by atoms with Gasteiger partial charge in [-0.05, 0) is 63.1 Å². The summed E-state index contributed by atoms with van der Waals surface area (Å²) >= 11 is 1.76. The molecule has 1 aromatic rings. The molecule has 0 saturated carbocycles. The quantitative estimate of drug-likeness (QED) is 0.665. The summed E-state index contributed by atoms with van der Waals surface area (Å²) in [6.45, 7) is 8.78. The maximum atomic E-state index is 4.82. The van der Waals surface area contributed by atoms with E-state index in [0.717, 1.165) is 6.42 Å². The molecule has 0 amide bonds. The van der Waals surface area contributed by atoms with Crippen molar-refractivity contribution in [1.82, 2.24) is 0 Å². The molecule has 2 heteroatoms. The Morgan fingerprint density at radius 1 is 1.19 bits per heavy atom. The van der Waals surface area contributed by atoms with Crippen molar-refractivity contribution < 1.29 is 0 Å². The average molecular weight is 233 g/mol. The van der Waals surface area contributed by atoms with E-state index in [4.69, 9.17) is 4.99 Å². The summed E-state index contributed by atoms with van der Waals surface area (Å²) in [7, 11) is 0. The first kappa shape index (κ1) is 11.7. The molecule has 0 unspecified atom stereocenters. The normalized spacial score (nSPS) is 17.9. The predicted molar refractivity (Wildman–Crippen MR) is 73.8 cm³/mol. The molecule has 0 bridgehead atoms. The highest BCUT2D eigenvalue weighted by molar-refractivity contribution is 8.13. The van der Waals surface area contributed by atoms with Crippen LogP contribution in [-0.4, -0.2) is 16.8 Å². The summed E-state index contributed by atoms with van der Waals surface area (Å²) in [5.41, 5.74) is 5.59. The molecular formula is C14H19NS. The van der Waals surface area contributed by atoms with Gasteiger partial charge in [-0.2, -0.15) is 0 Å². The van der Waals surface area contributed by atoms with Crippen LogP contribution in [0.5, 0.6) is 0 Å². The van der Waals surface area contributed by atoms with Gasteiger partial charge in [0.25, 0.3) is 0 Å². The van der Waals surface area contributed by atoms with Crippen LogP contribution >= 0.6 is 11.8 Å². The van der Waals surface area contributed by atoms with E-state index in [-0.39, 0.29) is 5.54 Å². The van der Waals surface area contributed by atoms with Crippen molar-refractivity contribution in [2.75, 3.05) is 6.26 Å². The predicted octanol–water partition coefficient (Wildman–Crippen LogP) is 3.75. The molecule has 1 heterocycles. The molecule has 0 spiro atoms. The lowest BCUT2D eigenvalue weighted by molar-refractivity contribution is 0.515. The fourth-order valence-corrected chi connectivity index (χ4v) is 2.97. The number of benzene rings is 1. The lowest BCUT2D eigenvalue weighted by Crippen LogP contribution is -2.28. The second-order valence-corrected chi connectivity index (χ2v) is 6.00. The highest BCUT2D eigenvalue weighted by atomic mass is 32.2. The lowest BCUT2D eigenvalue weighted by atomic mass is 9.87. The Hall–Kier alpha value is -0.760. The van der Waals surface area contributed by atoms with Crippen LogP contribution in [0.15, 0.2) is 17.1 Å². The standard InChI is InChI=1S/C14H19NS/c1-9-6-11-8-14(3,4)15-13(16-5)12(11)7-10(9)2/h6-7H,8H2,1-5H3. The van der Waals surface area contributed by atoms with Gasteiger partial charge in [-0.25, -0.2) is 0 Å². The monoisotopic (exact) mass is 233 g/mol. The summed E-state index contributed by atoms with van der Waals surface area (Å²) in [6, 6.07) is 4.62. The number of thioether (sulfide) groups is 1.